The van der Waals surface area contributed by atoms with Crippen LogP contribution in [0.5, 0.6) is 5.75 Å². The average Bonchev–Trinajstić information content (AvgIpc) is 3.13. The van der Waals surface area contributed by atoms with Gasteiger partial charge < -0.3 is 14.6 Å². The summed E-state index contributed by atoms with van der Waals surface area (Å²) in [5.41, 5.74) is 3.23. The second kappa shape index (κ2) is 8.44. The quantitative estimate of drug-likeness (QED) is 0.433. The number of anilines is 1. The molecule has 0 atom stereocenters. The van der Waals surface area contributed by atoms with Crippen LogP contribution < -0.4 is 10.1 Å². The molecule has 1 aromatic heterocycles. The molecule has 1 amide bonds. The Bertz CT molecular complexity index is 1230. The molecule has 0 fully saturated rings. The van der Waals surface area contributed by atoms with Crippen LogP contribution in [-0.2, 0) is 0 Å². The molecule has 0 radical (unpaired) electrons. The average molecular weight is 418 g/mol. The van der Waals surface area contributed by atoms with Crippen LogP contribution in [0.2, 0.25) is 0 Å². The first-order chi connectivity index (χ1) is 15.0. The van der Waals surface area contributed by atoms with Gasteiger partial charge in [-0.15, -0.1) is 0 Å². The summed E-state index contributed by atoms with van der Waals surface area (Å²) in [5, 5.41) is 2.77. The lowest BCUT2D eigenvalue weighted by Gasteiger charge is -2.13. The van der Waals surface area contributed by atoms with Crippen molar-refractivity contribution < 1.29 is 18.3 Å². The van der Waals surface area contributed by atoms with E-state index in [1.54, 1.807) is 42.9 Å². The van der Waals surface area contributed by atoms with Gasteiger partial charge in [0.25, 0.3) is 5.91 Å². The zero-order valence-corrected chi connectivity index (χ0v) is 17.0. The monoisotopic (exact) mass is 418 g/mol. The maximum Gasteiger partial charge on any atom is 0.257 e. The molecule has 6 heteroatoms. The van der Waals surface area contributed by atoms with Gasteiger partial charge in [0.15, 0.2) is 0 Å². The highest BCUT2D eigenvalue weighted by atomic mass is 19.1. The van der Waals surface area contributed by atoms with E-state index in [9.17, 15) is 13.6 Å². The van der Waals surface area contributed by atoms with E-state index in [1.165, 1.54) is 30.3 Å². The van der Waals surface area contributed by atoms with Gasteiger partial charge in [0.1, 0.15) is 17.4 Å². The van der Waals surface area contributed by atoms with E-state index in [1.807, 2.05) is 24.3 Å². The molecule has 0 aliphatic rings. The Labute approximate surface area is 178 Å². The second-order valence-electron chi connectivity index (χ2n) is 7.01. The number of aromatic nitrogens is 1. The number of methoxy groups -OCH3 is 1. The first-order valence-corrected chi connectivity index (χ1v) is 9.66. The summed E-state index contributed by atoms with van der Waals surface area (Å²) in [5.74, 6) is -0.462. The standard InChI is InChI=1S/C25H20F2N2O2/c1-16-21(25(30)28-19-11-9-18(26)10-12-19)15-24(17-7-13-20(31-2)14-8-17)29(16)23-6-4-3-5-22(23)27/h3-15H,1-2H3,(H,28,30). The maximum absolute atomic E-state index is 14.7. The minimum Gasteiger partial charge on any atom is -0.497 e. The lowest BCUT2D eigenvalue weighted by Crippen LogP contribution is -2.13. The number of rotatable bonds is 5. The van der Waals surface area contributed by atoms with Gasteiger partial charge >= 0.3 is 0 Å². The zero-order valence-electron chi connectivity index (χ0n) is 17.0. The molecule has 4 aromatic rings. The van der Waals surface area contributed by atoms with Crippen molar-refractivity contribution in [1.29, 1.82) is 0 Å². The third-order valence-electron chi connectivity index (χ3n) is 5.07. The molecule has 4 nitrogen and oxygen atoms in total. The van der Waals surface area contributed by atoms with E-state index in [2.05, 4.69) is 5.32 Å². The number of carbonyl (C=O) groups excluding carboxylic acids is 1. The summed E-state index contributed by atoms with van der Waals surface area (Å²) in [7, 11) is 1.58. The predicted octanol–water partition coefficient (Wildman–Crippen LogP) is 5.99. The van der Waals surface area contributed by atoms with Crippen molar-refractivity contribution >= 4 is 11.6 Å². The second-order valence-corrected chi connectivity index (χ2v) is 7.01. The first kappa shape index (κ1) is 20.3. The predicted molar refractivity (Wildman–Crippen MR) is 117 cm³/mol. The fourth-order valence-electron chi connectivity index (χ4n) is 3.49. The number of para-hydroxylation sites is 1. The summed E-state index contributed by atoms with van der Waals surface area (Å²) < 4.78 is 34.8. The highest BCUT2D eigenvalue weighted by Gasteiger charge is 2.21. The van der Waals surface area contributed by atoms with Crippen molar-refractivity contribution in [3.8, 4) is 22.7 Å². The van der Waals surface area contributed by atoms with Gasteiger partial charge in [0, 0.05) is 11.4 Å². The maximum atomic E-state index is 14.7. The summed E-state index contributed by atoms with van der Waals surface area (Å²) in [4.78, 5) is 13.0. The number of halogens is 2. The van der Waals surface area contributed by atoms with Crippen molar-refractivity contribution in [2.24, 2.45) is 0 Å². The largest absolute Gasteiger partial charge is 0.497 e. The number of nitrogens with one attached hydrogen (secondary N) is 1. The van der Waals surface area contributed by atoms with Gasteiger partial charge in [-0.2, -0.15) is 0 Å². The molecule has 1 heterocycles. The Morgan fingerprint density at radius 2 is 1.61 bits per heavy atom. The molecule has 0 bridgehead atoms. The molecule has 31 heavy (non-hydrogen) atoms. The van der Waals surface area contributed by atoms with Crippen LogP contribution in [0.25, 0.3) is 16.9 Å². The van der Waals surface area contributed by atoms with Crippen molar-refractivity contribution in [2.45, 2.75) is 6.92 Å². The van der Waals surface area contributed by atoms with Crippen molar-refractivity contribution in [2.75, 3.05) is 12.4 Å². The van der Waals surface area contributed by atoms with Gasteiger partial charge in [-0.25, -0.2) is 8.78 Å². The van der Waals surface area contributed by atoms with Gasteiger partial charge in [-0.1, -0.05) is 12.1 Å². The van der Waals surface area contributed by atoms with E-state index >= 15 is 0 Å². The SMILES string of the molecule is COc1ccc(-c2cc(C(=O)Nc3ccc(F)cc3)c(C)n2-c2ccccc2F)cc1. The molecule has 4 rings (SSSR count). The molecular formula is C25H20F2N2O2. The Morgan fingerprint density at radius 3 is 2.26 bits per heavy atom. The molecular weight excluding hydrogens is 398 g/mol. The lowest BCUT2D eigenvalue weighted by atomic mass is 10.1. The third-order valence-corrected chi connectivity index (χ3v) is 5.07. The molecule has 0 saturated carbocycles. The van der Waals surface area contributed by atoms with Crippen molar-refractivity contribution in [1.82, 2.24) is 4.57 Å². The Morgan fingerprint density at radius 1 is 0.935 bits per heavy atom. The van der Waals surface area contributed by atoms with Gasteiger partial charge in [-0.3, -0.25) is 4.79 Å². The Balaban J connectivity index is 1.82. The Kier molecular flexibility index (Phi) is 5.54. The normalized spacial score (nSPS) is 10.7. The van der Waals surface area contributed by atoms with E-state index in [-0.39, 0.29) is 11.7 Å². The van der Waals surface area contributed by atoms with E-state index in [0.717, 1.165) is 5.56 Å². The summed E-state index contributed by atoms with van der Waals surface area (Å²) >= 11 is 0. The van der Waals surface area contributed by atoms with Gasteiger partial charge in [-0.05, 0) is 79.2 Å². The fraction of sp³-hybridized carbons (Fsp3) is 0.0800. The minimum atomic E-state index is -0.401. The van der Waals surface area contributed by atoms with Crippen LogP contribution in [0, 0.1) is 18.6 Å². The summed E-state index contributed by atoms with van der Waals surface area (Å²) in [6.45, 7) is 1.76. The smallest absolute Gasteiger partial charge is 0.257 e. The molecule has 0 aliphatic carbocycles. The van der Waals surface area contributed by atoms with Crippen molar-refractivity contribution in [3.05, 3.63) is 102 Å². The molecule has 156 valence electrons. The van der Waals surface area contributed by atoms with Gasteiger partial charge in [0.05, 0.1) is 24.1 Å². The Hall–Kier alpha value is -3.93. The lowest BCUT2D eigenvalue weighted by molar-refractivity contribution is 0.102. The third kappa shape index (κ3) is 4.05. The summed E-state index contributed by atoms with van der Waals surface area (Å²) in [6.07, 6.45) is 0. The number of benzene rings is 3. The molecule has 1 N–H and O–H groups in total. The highest BCUT2D eigenvalue weighted by Crippen LogP contribution is 2.32. The molecule has 0 aliphatic heterocycles. The minimum absolute atomic E-state index is 0.339. The number of ether oxygens (including phenoxy) is 1. The number of amides is 1. The van der Waals surface area contributed by atoms with Crippen LogP contribution in [0.15, 0.2) is 78.9 Å². The number of carbonyl (C=O) groups is 1. The van der Waals surface area contributed by atoms with E-state index in [4.69, 9.17) is 4.74 Å². The number of hydrogen-bond acceptors (Lipinski definition) is 2. The molecule has 0 spiro atoms. The molecule has 3 aromatic carbocycles. The van der Waals surface area contributed by atoms with Crippen LogP contribution in [0.3, 0.4) is 0 Å². The number of hydrogen-bond donors (Lipinski definition) is 1. The van der Waals surface area contributed by atoms with Gasteiger partial charge in [0.2, 0.25) is 0 Å². The first-order valence-electron chi connectivity index (χ1n) is 9.66. The van der Waals surface area contributed by atoms with Crippen LogP contribution in [-0.4, -0.2) is 17.6 Å². The van der Waals surface area contributed by atoms with Crippen LogP contribution in [0.1, 0.15) is 16.1 Å². The van der Waals surface area contributed by atoms with Crippen molar-refractivity contribution in [3.63, 3.8) is 0 Å². The van der Waals surface area contributed by atoms with Crippen LogP contribution in [0.4, 0.5) is 14.5 Å². The number of nitrogens with zero attached hydrogens (tertiary/aromatic N) is 1. The molecule has 0 unspecified atom stereocenters. The topological polar surface area (TPSA) is 43.3 Å². The van der Waals surface area contributed by atoms with Crippen LogP contribution >= 0.6 is 0 Å². The molecule has 0 saturated heterocycles. The fourth-order valence-corrected chi connectivity index (χ4v) is 3.49. The highest BCUT2D eigenvalue weighted by molar-refractivity contribution is 6.06. The zero-order chi connectivity index (χ0) is 22.0. The van der Waals surface area contributed by atoms with E-state index in [0.29, 0.717) is 34.1 Å². The summed E-state index contributed by atoms with van der Waals surface area (Å²) in [6, 6.07) is 21.0. The van der Waals surface area contributed by atoms with E-state index < -0.39 is 5.82 Å².